The second-order valence-electron chi connectivity index (χ2n) is 9.07. The lowest BCUT2D eigenvalue weighted by Gasteiger charge is -2.53. The molecule has 0 spiro atoms. The quantitative estimate of drug-likeness (QED) is 0.314. The highest BCUT2D eigenvalue weighted by Crippen LogP contribution is 2.56. The van der Waals surface area contributed by atoms with Crippen LogP contribution in [-0.4, -0.2) is 41.0 Å². The fourth-order valence-corrected chi connectivity index (χ4v) is 6.19. The van der Waals surface area contributed by atoms with Gasteiger partial charge in [0.2, 0.25) is 11.8 Å². The molecular weight excluding hydrogens is 382 g/mol. The highest BCUT2D eigenvalue weighted by atomic mass is 35.5. The van der Waals surface area contributed by atoms with Crippen molar-refractivity contribution in [2.24, 2.45) is 29.1 Å². The molecule has 7 heteroatoms. The number of fused-ring (bicyclic) bond motifs is 1. The van der Waals surface area contributed by atoms with Crippen molar-refractivity contribution in [3.8, 4) is 0 Å². The number of alkyl halides is 1. The van der Waals surface area contributed by atoms with Crippen LogP contribution in [0.4, 0.5) is 0 Å². The molecule has 6 nitrogen and oxygen atoms in total. The monoisotopic (exact) mass is 411 g/mol. The van der Waals surface area contributed by atoms with Gasteiger partial charge in [-0.05, 0) is 49.9 Å². The maximum atomic E-state index is 12.0. The third-order valence-electron chi connectivity index (χ3n) is 7.02. The first-order valence-electron chi connectivity index (χ1n) is 10.1. The molecule has 0 bridgehead atoms. The number of carbonyl (C=O) groups excluding carboxylic acids is 3. The molecular formula is C21H30ClNO5. The van der Waals surface area contributed by atoms with Gasteiger partial charge in [0.25, 0.3) is 0 Å². The summed E-state index contributed by atoms with van der Waals surface area (Å²) in [6.07, 6.45) is 2.95. The van der Waals surface area contributed by atoms with Crippen molar-refractivity contribution in [3.63, 3.8) is 0 Å². The van der Waals surface area contributed by atoms with Gasteiger partial charge in [0.1, 0.15) is 0 Å². The fourth-order valence-electron chi connectivity index (χ4n) is 5.64. The number of nitrogens with one attached hydrogen (secondary N) is 1. The van der Waals surface area contributed by atoms with Crippen molar-refractivity contribution in [2.75, 3.05) is 6.61 Å². The Morgan fingerprint density at radius 3 is 2.79 bits per heavy atom. The number of aliphatic hydroxyl groups excluding tert-OH is 1. The van der Waals surface area contributed by atoms with Gasteiger partial charge in [0, 0.05) is 24.1 Å². The van der Waals surface area contributed by atoms with Crippen LogP contribution in [0.15, 0.2) is 12.2 Å². The van der Waals surface area contributed by atoms with E-state index in [4.69, 9.17) is 16.3 Å². The SMILES string of the molecule is C=C1CC[C@@H]2[C@H](C[C@@H](Cl)C[C@@]2(C)COC(C)=O)C1C[C@H](O)[C@H]1CC(=O)NC1=O. The zero-order valence-corrected chi connectivity index (χ0v) is 17.3. The summed E-state index contributed by atoms with van der Waals surface area (Å²) in [6.45, 7) is 8.13. The standard InChI is InChI=1S/C21H30ClNO5/c1-11-4-5-17-15(6-13(22)9-21(17,3)10-28-12(2)24)14(11)7-18(25)16-8-19(26)23-20(16)27/h13-18,25H,1,4-10H2,2-3H3,(H,23,26,27)/t13-,14?,15-,16-,17-,18+,21+/m1/s1. The van der Waals surface area contributed by atoms with E-state index >= 15 is 0 Å². The number of amides is 2. The summed E-state index contributed by atoms with van der Waals surface area (Å²) < 4.78 is 5.37. The van der Waals surface area contributed by atoms with E-state index in [0.717, 1.165) is 31.3 Å². The molecule has 0 aromatic heterocycles. The molecule has 3 fully saturated rings. The van der Waals surface area contributed by atoms with Gasteiger partial charge in [0.05, 0.1) is 18.6 Å². The van der Waals surface area contributed by atoms with E-state index in [9.17, 15) is 19.5 Å². The van der Waals surface area contributed by atoms with Crippen molar-refractivity contribution in [2.45, 2.75) is 63.9 Å². The predicted octanol–water partition coefficient (Wildman–Crippen LogP) is 2.57. The zero-order chi connectivity index (χ0) is 20.6. The second kappa shape index (κ2) is 8.15. The van der Waals surface area contributed by atoms with Crippen LogP contribution in [0.3, 0.4) is 0 Å². The summed E-state index contributed by atoms with van der Waals surface area (Å²) in [7, 11) is 0. The van der Waals surface area contributed by atoms with Gasteiger partial charge in [-0.15, -0.1) is 11.6 Å². The number of rotatable bonds is 5. The van der Waals surface area contributed by atoms with Gasteiger partial charge in [-0.2, -0.15) is 0 Å². The first-order valence-corrected chi connectivity index (χ1v) is 10.5. The van der Waals surface area contributed by atoms with E-state index in [0.29, 0.717) is 18.9 Å². The first kappa shape index (κ1) is 21.3. The first-order chi connectivity index (χ1) is 13.1. The molecule has 3 aliphatic rings. The average molecular weight is 412 g/mol. The molecule has 2 amide bonds. The van der Waals surface area contributed by atoms with Crippen LogP contribution in [0.5, 0.6) is 0 Å². The lowest BCUT2D eigenvalue weighted by Crippen LogP contribution is -2.49. The molecule has 2 aliphatic carbocycles. The highest BCUT2D eigenvalue weighted by molar-refractivity contribution is 6.20. The Morgan fingerprint density at radius 1 is 1.46 bits per heavy atom. The molecule has 156 valence electrons. The molecule has 2 saturated carbocycles. The number of aliphatic hydroxyl groups is 1. The average Bonchev–Trinajstić information content (AvgIpc) is 2.94. The van der Waals surface area contributed by atoms with E-state index < -0.39 is 17.9 Å². The zero-order valence-electron chi connectivity index (χ0n) is 16.6. The van der Waals surface area contributed by atoms with Crippen molar-refractivity contribution in [3.05, 3.63) is 12.2 Å². The molecule has 0 aromatic rings. The number of hydrogen-bond donors (Lipinski definition) is 2. The Balaban J connectivity index is 1.77. The summed E-state index contributed by atoms with van der Waals surface area (Å²) >= 11 is 6.61. The minimum atomic E-state index is -0.887. The maximum Gasteiger partial charge on any atom is 0.302 e. The lowest BCUT2D eigenvalue weighted by atomic mass is 9.53. The predicted molar refractivity (Wildman–Crippen MR) is 104 cm³/mol. The number of esters is 1. The van der Waals surface area contributed by atoms with Crippen LogP contribution in [0.2, 0.25) is 0 Å². The van der Waals surface area contributed by atoms with Crippen LogP contribution in [0, 0.1) is 29.1 Å². The van der Waals surface area contributed by atoms with E-state index in [1.807, 2.05) is 0 Å². The minimum absolute atomic E-state index is 0.0373. The van der Waals surface area contributed by atoms with Crippen LogP contribution in [-0.2, 0) is 19.1 Å². The number of halogens is 1. The van der Waals surface area contributed by atoms with Gasteiger partial charge in [0.15, 0.2) is 0 Å². The molecule has 1 saturated heterocycles. The normalized spacial score (nSPS) is 39.3. The lowest BCUT2D eigenvalue weighted by molar-refractivity contribution is -0.148. The van der Waals surface area contributed by atoms with Crippen molar-refractivity contribution in [1.82, 2.24) is 5.32 Å². The highest BCUT2D eigenvalue weighted by Gasteiger charge is 2.51. The molecule has 1 unspecified atom stereocenters. The molecule has 1 aliphatic heterocycles. The summed E-state index contributed by atoms with van der Waals surface area (Å²) in [4.78, 5) is 34.8. The van der Waals surface area contributed by atoms with Gasteiger partial charge in [-0.1, -0.05) is 19.1 Å². The summed E-state index contributed by atoms with van der Waals surface area (Å²) in [5.41, 5.74) is 0.858. The van der Waals surface area contributed by atoms with Crippen LogP contribution in [0.25, 0.3) is 0 Å². The van der Waals surface area contributed by atoms with E-state index in [2.05, 4.69) is 18.8 Å². The minimum Gasteiger partial charge on any atom is -0.465 e. The number of ether oxygens (including phenoxy) is 1. The Bertz CT molecular complexity index is 680. The van der Waals surface area contributed by atoms with E-state index in [1.165, 1.54) is 6.92 Å². The van der Waals surface area contributed by atoms with Crippen LogP contribution < -0.4 is 5.32 Å². The maximum absolute atomic E-state index is 12.0. The Hall–Kier alpha value is -1.40. The van der Waals surface area contributed by atoms with Crippen molar-refractivity contribution in [1.29, 1.82) is 0 Å². The summed E-state index contributed by atoms with van der Waals surface area (Å²) in [5.74, 6) is -1.15. The molecule has 3 rings (SSSR count). The largest absolute Gasteiger partial charge is 0.465 e. The number of hydrogen-bond acceptors (Lipinski definition) is 5. The molecule has 0 aromatic carbocycles. The van der Waals surface area contributed by atoms with E-state index in [-0.39, 0.29) is 40.9 Å². The summed E-state index contributed by atoms with van der Waals surface area (Å²) in [5, 5.41) is 12.9. The molecule has 7 atom stereocenters. The van der Waals surface area contributed by atoms with Gasteiger partial charge < -0.3 is 9.84 Å². The van der Waals surface area contributed by atoms with Crippen molar-refractivity contribution < 1.29 is 24.2 Å². The molecule has 2 N–H and O–H groups in total. The number of imide groups is 1. The summed E-state index contributed by atoms with van der Waals surface area (Å²) in [6, 6.07) is 0. The number of allylic oxidation sites excluding steroid dienone is 1. The third-order valence-corrected chi connectivity index (χ3v) is 7.35. The van der Waals surface area contributed by atoms with Gasteiger partial charge in [-0.25, -0.2) is 0 Å². The smallest absolute Gasteiger partial charge is 0.302 e. The van der Waals surface area contributed by atoms with Crippen molar-refractivity contribution >= 4 is 29.4 Å². The molecule has 28 heavy (non-hydrogen) atoms. The van der Waals surface area contributed by atoms with E-state index in [1.54, 1.807) is 0 Å². The molecule has 1 heterocycles. The van der Waals surface area contributed by atoms with Gasteiger partial charge >= 0.3 is 5.97 Å². The number of carbonyl (C=O) groups is 3. The fraction of sp³-hybridized carbons (Fsp3) is 0.762. The van der Waals surface area contributed by atoms with Crippen LogP contribution >= 0.6 is 11.6 Å². The Morgan fingerprint density at radius 2 is 2.18 bits per heavy atom. The molecule has 0 radical (unpaired) electrons. The Kier molecular flexibility index (Phi) is 6.20. The topological polar surface area (TPSA) is 92.7 Å². The second-order valence-corrected chi connectivity index (χ2v) is 9.69. The third kappa shape index (κ3) is 4.28. The van der Waals surface area contributed by atoms with Gasteiger partial charge in [-0.3, -0.25) is 19.7 Å². The van der Waals surface area contributed by atoms with Crippen LogP contribution in [0.1, 0.15) is 52.4 Å². The Labute approximate surface area is 171 Å².